The number of aryl methyl sites for hydroxylation is 3. The molecule has 2 N–H and O–H groups in total. The number of nitrogens with zero attached hydrogens (tertiary/aromatic N) is 1. The Kier molecular flexibility index (Phi) is 6.67. The first-order valence-electron chi connectivity index (χ1n) is 8.62. The van der Waals surface area contributed by atoms with E-state index in [1.54, 1.807) is 0 Å². The van der Waals surface area contributed by atoms with E-state index in [4.69, 9.17) is 0 Å². The second-order valence-corrected chi connectivity index (χ2v) is 6.46. The van der Waals surface area contributed by atoms with Gasteiger partial charge in [-0.3, -0.25) is 9.59 Å². The van der Waals surface area contributed by atoms with Crippen LogP contribution in [-0.4, -0.2) is 17.5 Å². The number of anilines is 1. The van der Waals surface area contributed by atoms with Gasteiger partial charge in [-0.25, -0.2) is 5.43 Å². The van der Waals surface area contributed by atoms with Crippen LogP contribution in [0.15, 0.2) is 47.6 Å². The maximum absolute atomic E-state index is 12.0. The molecule has 2 aromatic carbocycles. The Bertz CT molecular complexity index is 824. The SMILES string of the molecule is CC(=NNC(=O)CCC(=O)Nc1cc(C)ccc1C)c1ccc(C)cc1. The molecular formula is C21H25N3O2. The molecule has 5 nitrogen and oxygen atoms in total. The van der Waals surface area contributed by atoms with Crippen molar-refractivity contribution >= 4 is 23.2 Å². The van der Waals surface area contributed by atoms with E-state index in [9.17, 15) is 9.59 Å². The van der Waals surface area contributed by atoms with Crippen molar-refractivity contribution in [2.45, 2.75) is 40.5 Å². The van der Waals surface area contributed by atoms with Gasteiger partial charge in [0, 0.05) is 18.5 Å². The van der Waals surface area contributed by atoms with Crippen LogP contribution in [0.25, 0.3) is 0 Å². The zero-order chi connectivity index (χ0) is 19.1. The molecule has 0 saturated heterocycles. The molecule has 0 atom stereocenters. The van der Waals surface area contributed by atoms with Gasteiger partial charge in [0.05, 0.1) is 5.71 Å². The molecule has 0 aliphatic carbocycles. The first-order chi connectivity index (χ1) is 12.3. The lowest BCUT2D eigenvalue weighted by Crippen LogP contribution is -2.22. The standard InChI is InChI=1S/C21H25N3O2/c1-14-6-9-18(10-7-14)17(4)23-24-21(26)12-11-20(25)22-19-13-15(2)5-8-16(19)3/h5-10,13H,11-12H2,1-4H3,(H,22,25)(H,24,26). The van der Waals surface area contributed by atoms with E-state index < -0.39 is 0 Å². The van der Waals surface area contributed by atoms with Gasteiger partial charge in [0.1, 0.15) is 0 Å². The van der Waals surface area contributed by atoms with Crippen molar-refractivity contribution < 1.29 is 9.59 Å². The van der Waals surface area contributed by atoms with E-state index in [1.165, 1.54) is 5.56 Å². The lowest BCUT2D eigenvalue weighted by Gasteiger charge is -2.09. The summed E-state index contributed by atoms with van der Waals surface area (Å²) in [5.41, 5.74) is 8.19. The first-order valence-corrected chi connectivity index (χ1v) is 8.62. The number of hydrogen-bond acceptors (Lipinski definition) is 3. The molecule has 0 fully saturated rings. The molecule has 26 heavy (non-hydrogen) atoms. The molecule has 0 aliphatic heterocycles. The summed E-state index contributed by atoms with van der Waals surface area (Å²) in [6.45, 7) is 7.75. The average molecular weight is 351 g/mol. The van der Waals surface area contributed by atoms with Gasteiger partial charge < -0.3 is 5.32 Å². The average Bonchev–Trinajstić information content (AvgIpc) is 2.61. The Morgan fingerprint density at radius 1 is 0.885 bits per heavy atom. The Morgan fingerprint density at radius 3 is 2.19 bits per heavy atom. The van der Waals surface area contributed by atoms with Crippen LogP contribution < -0.4 is 10.7 Å². The first kappa shape index (κ1) is 19.4. The second-order valence-electron chi connectivity index (χ2n) is 6.46. The Morgan fingerprint density at radius 2 is 1.50 bits per heavy atom. The molecule has 0 spiro atoms. The van der Waals surface area contributed by atoms with Crippen LogP contribution in [0.1, 0.15) is 42.0 Å². The molecule has 136 valence electrons. The summed E-state index contributed by atoms with van der Waals surface area (Å²) in [6.07, 6.45) is 0.194. The molecule has 0 unspecified atom stereocenters. The van der Waals surface area contributed by atoms with Crippen LogP contribution in [0.5, 0.6) is 0 Å². The van der Waals surface area contributed by atoms with Gasteiger partial charge in [0.25, 0.3) is 0 Å². The third kappa shape index (κ3) is 5.84. The van der Waals surface area contributed by atoms with Crippen LogP contribution in [0.3, 0.4) is 0 Å². The summed E-state index contributed by atoms with van der Waals surface area (Å²) in [5, 5.41) is 6.94. The number of rotatable bonds is 6. The second kappa shape index (κ2) is 8.94. The summed E-state index contributed by atoms with van der Waals surface area (Å²) < 4.78 is 0. The summed E-state index contributed by atoms with van der Waals surface area (Å²) in [4.78, 5) is 24.0. The minimum Gasteiger partial charge on any atom is -0.326 e. The number of hydrogen-bond donors (Lipinski definition) is 2. The van der Waals surface area contributed by atoms with Gasteiger partial charge in [-0.1, -0.05) is 42.0 Å². The molecule has 0 aromatic heterocycles. The maximum Gasteiger partial charge on any atom is 0.240 e. The summed E-state index contributed by atoms with van der Waals surface area (Å²) in [6, 6.07) is 13.8. The highest BCUT2D eigenvalue weighted by molar-refractivity contribution is 5.99. The van der Waals surface area contributed by atoms with Crippen molar-refractivity contribution in [1.29, 1.82) is 0 Å². The van der Waals surface area contributed by atoms with E-state index in [0.717, 1.165) is 28.1 Å². The van der Waals surface area contributed by atoms with E-state index in [1.807, 2.05) is 70.2 Å². The lowest BCUT2D eigenvalue weighted by molar-refractivity contribution is -0.124. The fourth-order valence-corrected chi connectivity index (χ4v) is 2.37. The highest BCUT2D eigenvalue weighted by Gasteiger charge is 2.08. The highest BCUT2D eigenvalue weighted by Crippen LogP contribution is 2.16. The lowest BCUT2D eigenvalue weighted by atomic mass is 10.1. The van der Waals surface area contributed by atoms with Crippen LogP contribution in [0, 0.1) is 20.8 Å². The molecular weight excluding hydrogens is 326 g/mol. The molecule has 2 amide bonds. The van der Waals surface area contributed by atoms with Gasteiger partial charge in [-0.15, -0.1) is 0 Å². The van der Waals surface area contributed by atoms with Crippen molar-refractivity contribution in [2.24, 2.45) is 5.10 Å². The molecule has 0 bridgehead atoms. The number of nitrogens with one attached hydrogen (secondary N) is 2. The van der Waals surface area contributed by atoms with Gasteiger partial charge >= 0.3 is 0 Å². The molecule has 0 saturated carbocycles. The van der Waals surface area contributed by atoms with Gasteiger partial charge in [-0.05, 0) is 50.5 Å². The molecule has 2 aromatic rings. The van der Waals surface area contributed by atoms with Crippen LogP contribution >= 0.6 is 0 Å². The van der Waals surface area contributed by atoms with E-state index in [-0.39, 0.29) is 24.7 Å². The minimum atomic E-state index is -0.285. The highest BCUT2D eigenvalue weighted by atomic mass is 16.2. The van der Waals surface area contributed by atoms with Crippen molar-refractivity contribution in [3.8, 4) is 0 Å². The Balaban J connectivity index is 1.82. The fraction of sp³-hybridized carbons (Fsp3) is 0.286. The topological polar surface area (TPSA) is 70.6 Å². The maximum atomic E-state index is 12.0. The van der Waals surface area contributed by atoms with Gasteiger partial charge in [-0.2, -0.15) is 5.10 Å². The minimum absolute atomic E-state index is 0.0847. The largest absolute Gasteiger partial charge is 0.326 e. The fourth-order valence-electron chi connectivity index (χ4n) is 2.37. The van der Waals surface area contributed by atoms with Crippen molar-refractivity contribution in [3.05, 3.63) is 64.7 Å². The predicted molar refractivity (Wildman–Crippen MR) is 105 cm³/mol. The van der Waals surface area contributed by atoms with E-state index in [0.29, 0.717) is 0 Å². The van der Waals surface area contributed by atoms with E-state index >= 15 is 0 Å². The van der Waals surface area contributed by atoms with Crippen LogP contribution in [0.2, 0.25) is 0 Å². The predicted octanol–water partition coefficient (Wildman–Crippen LogP) is 3.87. The van der Waals surface area contributed by atoms with Crippen molar-refractivity contribution in [2.75, 3.05) is 5.32 Å². The van der Waals surface area contributed by atoms with E-state index in [2.05, 4.69) is 15.8 Å². The zero-order valence-electron chi connectivity index (χ0n) is 15.7. The molecule has 0 aliphatic rings. The molecule has 2 rings (SSSR count). The normalized spacial score (nSPS) is 11.2. The van der Waals surface area contributed by atoms with Gasteiger partial charge in [0.2, 0.25) is 11.8 Å². The zero-order valence-corrected chi connectivity index (χ0v) is 15.7. The monoisotopic (exact) mass is 351 g/mol. The summed E-state index contributed by atoms with van der Waals surface area (Å²) in [7, 11) is 0. The van der Waals surface area contributed by atoms with Crippen molar-refractivity contribution in [3.63, 3.8) is 0 Å². The smallest absolute Gasteiger partial charge is 0.240 e. The summed E-state index contributed by atoms with van der Waals surface area (Å²) in [5.74, 6) is -0.472. The Hall–Kier alpha value is -2.95. The number of benzene rings is 2. The molecule has 0 heterocycles. The third-order valence-corrected chi connectivity index (χ3v) is 4.06. The number of carbonyl (C=O) groups is 2. The molecule has 0 radical (unpaired) electrons. The number of hydrazone groups is 1. The van der Waals surface area contributed by atoms with Crippen LogP contribution in [-0.2, 0) is 9.59 Å². The quantitative estimate of drug-likeness (QED) is 0.612. The summed E-state index contributed by atoms with van der Waals surface area (Å²) >= 11 is 0. The van der Waals surface area contributed by atoms with Crippen LogP contribution in [0.4, 0.5) is 5.69 Å². The number of carbonyl (C=O) groups excluding carboxylic acids is 2. The Labute approximate surface area is 154 Å². The molecule has 5 heteroatoms. The number of amides is 2. The van der Waals surface area contributed by atoms with Crippen molar-refractivity contribution in [1.82, 2.24) is 5.43 Å². The third-order valence-electron chi connectivity index (χ3n) is 4.06. The van der Waals surface area contributed by atoms with Gasteiger partial charge in [0.15, 0.2) is 0 Å².